The lowest BCUT2D eigenvalue weighted by Crippen LogP contribution is -2.01. The molecular formula is C116H190N4O4. The van der Waals surface area contributed by atoms with E-state index in [0.29, 0.717) is 26.4 Å². The van der Waals surface area contributed by atoms with E-state index in [1.54, 1.807) is 0 Å². The monoisotopic (exact) mass is 1700 g/mol. The number of ether oxygens (including phenoxy) is 4. The number of aromatic nitrogens is 4. The number of fused-ring (bicyclic) bond motifs is 8. The van der Waals surface area contributed by atoms with Crippen LogP contribution in [0, 0.1) is 13.8 Å². The molecule has 2 aliphatic rings. The van der Waals surface area contributed by atoms with Crippen molar-refractivity contribution in [3.05, 3.63) is 93.6 Å². The van der Waals surface area contributed by atoms with Crippen molar-refractivity contribution in [3.63, 3.8) is 0 Å². The number of nitrogens with zero attached hydrogens (tertiary/aromatic N) is 2. The Morgan fingerprint density at radius 3 is 0.653 bits per heavy atom. The molecule has 0 saturated heterocycles. The quantitative estimate of drug-likeness (QED) is 0.0377. The summed E-state index contributed by atoms with van der Waals surface area (Å²) in [5.41, 5.74) is 24.4. The molecule has 124 heavy (non-hydrogen) atoms. The fourth-order valence-electron chi connectivity index (χ4n) is 19.4. The average Bonchev–Trinajstić information content (AvgIpc) is 1.59. The molecule has 7 rings (SSSR count). The van der Waals surface area contributed by atoms with Gasteiger partial charge in [0.2, 0.25) is 0 Å². The van der Waals surface area contributed by atoms with E-state index < -0.39 is 0 Å². The molecule has 0 spiro atoms. The first-order chi connectivity index (χ1) is 61.0. The molecule has 0 saturated carbocycles. The number of unbranched alkanes of at least 4 members (excludes halogenated alkanes) is 56. The third-order valence-corrected chi connectivity index (χ3v) is 27.6. The molecule has 0 aliphatic carbocycles. The fraction of sp³-hybridized carbons (Fsp3) is 0.724. The first-order valence-corrected chi connectivity index (χ1v) is 54.1. The normalized spacial score (nSPS) is 12.4. The van der Waals surface area contributed by atoms with E-state index >= 15 is 0 Å². The molecule has 0 fully saturated rings. The summed E-state index contributed by atoms with van der Waals surface area (Å²) in [6, 6.07) is 19.0. The van der Waals surface area contributed by atoms with Crippen molar-refractivity contribution in [1.82, 2.24) is 19.9 Å². The van der Waals surface area contributed by atoms with Crippen LogP contribution in [0.4, 0.5) is 0 Å². The number of hydrogen-bond acceptors (Lipinski definition) is 6. The number of aryl methyl sites for hydroxylation is 4. The van der Waals surface area contributed by atoms with E-state index in [2.05, 4.69) is 142 Å². The number of aromatic amines is 2. The molecule has 8 nitrogen and oxygen atoms in total. The summed E-state index contributed by atoms with van der Waals surface area (Å²) >= 11 is 0. The van der Waals surface area contributed by atoms with Gasteiger partial charge in [0.1, 0.15) is 23.0 Å². The Morgan fingerprint density at radius 1 is 0.226 bits per heavy atom. The zero-order chi connectivity index (χ0) is 88.1. The van der Waals surface area contributed by atoms with Gasteiger partial charge >= 0.3 is 0 Å². The van der Waals surface area contributed by atoms with Gasteiger partial charge in [-0.25, -0.2) is 9.97 Å². The van der Waals surface area contributed by atoms with E-state index in [1.807, 2.05) is 0 Å². The second-order valence-electron chi connectivity index (χ2n) is 38.6. The number of nitrogens with one attached hydrogen (secondary N) is 2. The van der Waals surface area contributed by atoms with Crippen molar-refractivity contribution in [2.24, 2.45) is 0 Å². The average molecular weight is 1700 g/mol. The summed E-state index contributed by atoms with van der Waals surface area (Å²) in [5.74, 6) is 3.57. The van der Waals surface area contributed by atoms with E-state index in [1.165, 1.54) is 426 Å². The van der Waals surface area contributed by atoms with Gasteiger partial charge in [0.05, 0.1) is 60.2 Å². The molecule has 8 heteroatoms. The lowest BCUT2D eigenvalue weighted by atomic mass is 9.91. The van der Waals surface area contributed by atoms with Crippen molar-refractivity contribution in [3.8, 4) is 45.3 Å². The van der Waals surface area contributed by atoms with Gasteiger partial charge < -0.3 is 28.9 Å². The lowest BCUT2D eigenvalue weighted by Gasteiger charge is -2.16. The first kappa shape index (κ1) is 105. The molecule has 8 bridgehead atoms. The zero-order valence-corrected chi connectivity index (χ0v) is 83.1. The smallest absolute Gasteiger partial charge is 0.123 e. The molecule has 0 amide bonds. The van der Waals surface area contributed by atoms with Crippen molar-refractivity contribution >= 4 is 44.4 Å². The minimum atomic E-state index is 0.683. The van der Waals surface area contributed by atoms with E-state index in [9.17, 15) is 0 Å². The Kier molecular flexibility index (Phi) is 56.5. The zero-order valence-electron chi connectivity index (χ0n) is 83.1. The highest BCUT2D eigenvalue weighted by atomic mass is 16.5. The van der Waals surface area contributed by atoms with Gasteiger partial charge in [-0.15, -0.1) is 0 Å². The summed E-state index contributed by atoms with van der Waals surface area (Å²) in [7, 11) is 0. The van der Waals surface area contributed by atoms with Crippen molar-refractivity contribution in [2.45, 2.75) is 520 Å². The second kappa shape index (κ2) is 66.6. The minimum absolute atomic E-state index is 0.683. The van der Waals surface area contributed by atoms with Crippen LogP contribution in [0.2, 0.25) is 0 Å². The molecule has 5 aromatic rings. The van der Waals surface area contributed by atoms with Crippen LogP contribution in [0.15, 0.2) is 48.5 Å². The van der Waals surface area contributed by atoms with Crippen LogP contribution in [-0.2, 0) is 12.8 Å². The van der Waals surface area contributed by atoms with Crippen LogP contribution in [-0.4, -0.2) is 46.4 Å². The lowest BCUT2D eigenvalue weighted by molar-refractivity contribution is 0.289. The maximum absolute atomic E-state index is 7.09. The highest BCUT2D eigenvalue weighted by Gasteiger charge is 2.29. The highest BCUT2D eigenvalue weighted by Crippen LogP contribution is 2.48. The topological polar surface area (TPSA) is 94.3 Å². The second-order valence-corrected chi connectivity index (χ2v) is 38.6. The van der Waals surface area contributed by atoms with E-state index in [-0.39, 0.29) is 0 Å². The summed E-state index contributed by atoms with van der Waals surface area (Å²) in [6.45, 7) is 31.1. The number of hydrogen-bond donors (Lipinski definition) is 2. The van der Waals surface area contributed by atoms with Crippen LogP contribution >= 0.6 is 0 Å². The Hall–Kier alpha value is -5.76. The van der Waals surface area contributed by atoms with E-state index in [4.69, 9.17) is 28.9 Å². The number of allylic oxidation sites excluding steroid dienone is 4. The number of H-pyrrole nitrogens is 2. The van der Waals surface area contributed by atoms with Gasteiger partial charge in [0.25, 0.3) is 0 Å². The largest absolute Gasteiger partial charge is 0.493 e. The molecule has 2 aromatic carbocycles. The predicted molar refractivity (Wildman–Crippen MR) is 546 cm³/mol. The van der Waals surface area contributed by atoms with Crippen LogP contribution < -0.4 is 18.9 Å². The third-order valence-electron chi connectivity index (χ3n) is 27.6. The van der Waals surface area contributed by atoms with Crippen molar-refractivity contribution < 1.29 is 18.9 Å². The third kappa shape index (κ3) is 39.3. The molecule has 3 aromatic heterocycles. The summed E-state index contributed by atoms with van der Waals surface area (Å²) < 4.78 is 28.4. The van der Waals surface area contributed by atoms with Gasteiger partial charge in [0.15, 0.2) is 0 Å². The summed E-state index contributed by atoms with van der Waals surface area (Å²) in [6.07, 6.45) is 85.1. The molecule has 0 unspecified atom stereocenters. The van der Waals surface area contributed by atoms with Gasteiger partial charge in [-0.1, -0.05) is 415 Å². The van der Waals surface area contributed by atoms with Gasteiger partial charge in [-0.05, 0) is 197 Å². The van der Waals surface area contributed by atoms with Gasteiger partial charge in [0, 0.05) is 34.3 Å². The minimum Gasteiger partial charge on any atom is -0.493 e. The van der Waals surface area contributed by atoms with Gasteiger partial charge in [-0.2, -0.15) is 0 Å². The summed E-state index contributed by atoms with van der Waals surface area (Å²) in [4.78, 5) is 21.5. The molecule has 2 aliphatic heterocycles. The fourth-order valence-corrected chi connectivity index (χ4v) is 19.4. The van der Waals surface area contributed by atoms with Crippen LogP contribution in [0.25, 0.3) is 66.6 Å². The highest BCUT2D eigenvalue weighted by molar-refractivity contribution is 6.04. The standard InChI is InChI=1S/C116H190N4O4/c1-13-21-29-37-45-49-53-57-61-69-77-103-93(9)107-91-108-95(11)105(79-71-63-59-55-51-47-39-31-23-15-3)115(119-108)112(98-87-101(123-83-75-67-43-35-27-19-7)90-102(88-98)124-84-76-68-44-36-28-20-8)116-106(80-72-64-60-56-52-48-40-32-24-16-4)96(12)110(120-116)92-109-94(10)104(78-70-62-58-54-50-46-38-30-22-14-2)114(118-109)111(113(103)117-107)97-85-99(121-81-73-65-41-33-25-17-5)89-100(86-97)122-82-74-66-42-34-26-18-6/h85-92,117,120H,13-84H2,1-12H3. The molecule has 2 N–H and O–H groups in total. The molecule has 0 radical (unpaired) electrons. The Morgan fingerprint density at radius 2 is 0.427 bits per heavy atom. The van der Waals surface area contributed by atoms with Crippen LogP contribution in [0.3, 0.4) is 0 Å². The van der Waals surface area contributed by atoms with E-state index in [0.717, 1.165) is 145 Å². The van der Waals surface area contributed by atoms with Crippen LogP contribution in [0.5, 0.6) is 23.0 Å². The molecule has 5 heterocycles. The maximum Gasteiger partial charge on any atom is 0.123 e. The maximum atomic E-state index is 7.09. The summed E-state index contributed by atoms with van der Waals surface area (Å²) in [5, 5.41) is 0. The van der Waals surface area contributed by atoms with Crippen LogP contribution in [0.1, 0.15) is 538 Å². The first-order valence-electron chi connectivity index (χ1n) is 54.1. The Balaban J connectivity index is 1.60. The molecule has 698 valence electrons. The Bertz CT molecular complexity index is 3560. The number of rotatable bonds is 78. The SMILES string of the molecule is CCCCCCCCCCCCC1=C(C)c2cc3[nH]c(c(CCCCCCCCCCCC)c3C)c(-c3cc(OCCCCCCCC)cc(OCCCCCCCC)c3)c3nc(cc4[nH]c(c(CCCCCCCCCCCC)c4C)c(-c4cc(OCCCCCCCC)cc(OCCCCCCCC)c4)c1n2)C(C)=C3CCCCCCCCCCCC. The van der Waals surface area contributed by atoms with Crippen molar-refractivity contribution in [1.29, 1.82) is 0 Å². The Labute approximate surface area is 763 Å². The van der Waals surface area contributed by atoms with Crippen molar-refractivity contribution in [2.75, 3.05) is 26.4 Å². The van der Waals surface area contributed by atoms with Gasteiger partial charge in [-0.3, -0.25) is 0 Å². The number of benzene rings is 2. The molecular weight excluding hydrogens is 1510 g/mol. The predicted octanol–water partition coefficient (Wildman–Crippen LogP) is 38.6. The molecule has 0 atom stereocenters.